The smallest absolute Gasteiger partial charge is 0.263 e. The molecule has 0 spiro atoms. The summed E-state index contributed by atoms with van der Waals surface area (Å²) in [7, 11) is 1.72. The van der Waals surface area contributed by atoms with Gasteiger partial charge in [0.25, 0.3) is 5.56 Å². The summed E-state index contributed by atoms with van der Waals surface area (Å²) in [5, 5.41) is 21.7. The van der Waals surface area contributed by atoms with Gasteiger partial charge in [0, 0.05) is 7.05 Å². The number of nitrogens with zero attached hydrogens (tertiary/aromatic N) is 3. The third kappa shape index (κ3) is 2.55. The van der Waals surface area contributed by atoms with Crippen LogP contribution in [0.1, 0.15) is 12.5 Å². The van der Waals surface area contributed by atoms with Crippen molar-refractivity contribution in [1.82, 2.24) is 19.7 Å². The molecule has 3 rings (SSSR count). The lowest BCUT2D eigenvalue weighted by atomic mass is 9.99. The minimum atomic E-state index is -1.04. The van der Waals surface area contributed by atoms with Crippen molar-refractivity contribution in [2.75, 3.05) is 11.9 Å². The monoisotopic (exact) mass is 305 g/mol. The summed E-state index contributed by atoms with van der Waals surface area (Å²) in [6, 6.07) is 1.87. The number of aryl methyl sites for hydroxylation is 1. The van der Waals surface area contributed by atoms with Crippen LogP contribution in [0.3, 0.4) is 0 Å². The first-order chi connectivity index (χ1) is 9.97. The van der Waals surface area contributed by atoms with Gasteiger partial charge < -0.3 is 10.4 Å². The highest BCUT2D eigenvalue weighted by Gasteiger charge is 2.23. The summed E-state index contributed by atoms with van der Waals surface area (Å²) in [5.74, 6) is 0.312. The summed E-state index contributed by atoms with van der Waals surface area (Å²) in [6.07, 6.45) is 1.48. The Morgan fingerprint density at radius 1 is 1.57 bits per heavy atom. The second kappa shape index (κ2) is 4.97. The fourth-order valence-corrected chi connectivity index (χ4v) is 2.83. The van der Waals surface area contributed by atoms with Crippen molar-refractivity contribution in [1.29, 1.82) is 0 Å². The molecule has 1 unspecified atom stereocenters. The third-order valence-electron chi connectivity index (χ3n) is 3.34. The van der Waals surface area contributed by atoms with Gasteiger partial charge in [0.15, 0.2) is 5.65 Å². The molecule has 0 amide bonds. The average molecular weight is 305 g/mol. The standard InChI is InChI=1S/C13H15N5O2S/c1-13(20,8-3-4-21-6-8)7-14-12-16-10-9(11(19)17-12)5-15-18(10)2/h3-6,20H,7H2,1-2H3,(H2,14,16,17,19). The first kappa shape index (κ1) is 13.8. The van der Waals surface area contributed by atoms with E-state index in [1.807, 2.05) is 16.8 Å². The fourth-order valence-electron chi connectivity index (χ4n) is 2.05. The molecule has 3 heterocycles. The van der Waals surface area contributed by atoms with E-state index in [-0.39, 0.29) is 12.1 Å². The quantitative estimate of drug-likeness (QED) is 0.669. The van der Waals surface area contributed by atoms with Crippen LogP contribution in [0.25, 0.3) is 11.0 Å². The van der Waals surface area contributed by atoms with E-state index < -0.39 is 5.60 Å². The van der Waals surface area contributed by atoms with Crippen LogP contribution in [0.4, 0.5) is 5.95 Å². The Labute approximate surface area is 124 Å². The van der Waals surface area contributed by atoms with Crippen LogP contribution >= 0.6 is 11.3 Å². The number of fused-ring (bicyclic) bond motifs is 1. The summed E-state index contributed by atoms with van der Waals surface area (Å²) in [6.45, 7) is 1.94. The SMILES string of the molecule is Cn1ncc2c(=O)[nH]c(NCC(C)(O)c3ccsc3)nc21. The minimum Gasteiger partial charge on any atom is -0.384 e. The minimum absolute atomic E-state index is 0.232. The van der Waals surface area contributed by atoms with Gasteiger partial charge in [-0.05, 0) is 29.3 Å². The molecule has 21 heavy (non-hydrogen) atoms. The molecule has 0 radical (unpaired) electrons. The normalized spacial score (nSPS) is 14.2. The molecular formula is C13H15N5O2S. The van der Waals surface area contributed by atoms with Crippen molar-refractivity contribution in [3.8, 4) is 0 Å². The number of H-pyrrole nitrogens is 1. The van der Waals surface area contributed by atoms with E-state index in [0.717, 1.165) is 5.56 Å². The van der Waals surface area contributed by atoms with Gasteiger partial charge in [0.05, 0.1) is 12.7 Å². The molecule has 0 fully saturated rings. The first-order valence-corrected chi connectivity index (χ1v) is 7.32. The van der Waals surface area contributed by atoms with Gasteiger partial charge in [-0.1, -0.05) is 0 Å². The molecular weight excluding hydrogens is 290 g/mol. The predicted molar refractivity (Wildman–Crippen MR) is 81.5 cm³/mol. The molecule has 0 bridgehead atoms. The van der Waals surface area contributed by atoms with Crippen molar-refractivity contribution in [3.63, 3.8) is 0 Å². The van der Waals surface area contributed by atoms with E-state index in [1.54, 1.807) is 14.0 Å². The van der Waals surface area contributed by atoms with Gasteiger partial charge in [-0.15, -0.1) is 0 Å². The average Bonchev–Trinajstić information content (AvgIpc) is 3.08. The Morgan fingerprint density at radius 3 is 3.10 bits per heavy atom. The van der Waals surface area contributed by atoms with Crippen molar-refractivity contribution in [2.45, 2.75) is 12.5 Å². The number of anilines is 1. The molecule has 3 aromatic rings. The summed E-state index contributed by atoms with van der Waals surface area (Å²) >= 11 is 1.52. The number of aromatic amines is 1. The second-order valence-corrected chi connectivity index (χ2v) is 5.84. The summed E-state index contributed by atoms with van der Waals surface area (Å²) in [4.78, 5) is 18.9. The van der Waals surface area contributed by atoms with Crippen LogP contribution < -0.4 is 10.9 Å². The van der Waals surface area contributed by atoms with Gasteiger partial charge in [-0.2, -0.15) is 21.4 Å². The maximum absolute atomic E-state index is 11.9. The zero-order valence-corrected chi connectivity index (χ0v) is 12.4. The van der Waals surface area contributed by atoms with Gasteiger partial charge in [-0.3, -0.25) is 14.5 Å². The zero-order chi connectivity index (χ0) is 15.0. The molecule has 0 aliphatic heterocycles. The number of aromatic nitrogens is 4. The highest BCUT2D eigenvalue weighted by atomic mass is 32.1. The Balaban J connectivity index is 1.85. The molecule has 3 aromatic heterocycles. The Kier molecular flexibility index (Phi) is 3.26. The number of rotatable bonds is 4. The van der Waals surface area contributed by atoms with Crippen LogP contribution in [0.15, 0.2) is 27.8 Å². The number of hydrogen-bond acceptors (Lipinski definition) is 6. The van der Waals surface area contributed by atoms with E-state index in [0.29, 0.717) is 17.0 Å². The number of aliphatic hydroxyl groups is 1. The van der Waals surface area contributed by atoms with Crippen molar-refractivity contribution in [3.05, 3.63) is 38.9 Å². The molecule has 0 aromatic carbocycles. The fraction of sp³-hybridized carbons (Fsp3) is 0.308. The first-order valence-electron chi connectivity index (χ1n) is 6.38. The van der Waals surface area contributed by atoms with E-state index in [4.69, 9.17) is 0 Å². The molecule has 7 nitrogen and oxygen atoms in total. The summed E-state index contributed by atoms with van der Waals surface area (Å²) in [5.41, 5.74) is 0.0196. The number of nitrogens with one attached hydrogen (secondary N) is 2. The van der Waals surface area contributed by atoms with Gasteiger partial charge >= 0.3 is 0 Å². The van der Waals surface area contributed by atoms with E-state index in [2.05, 4.69) is 20.4 Å². The molecule has 0 saturated heterocycles. The third-order valence-corrected chi connectivity index (χ3v) is 4.03. The van der Waals surface area contributed by atoms with Gasteiger partial charge in [-0.25, -0.2) is 0 Å². The lowest BCUT2D eigenvalue weighted by molar-refractivity contribution is 0.0718. The largest absolute Gasteiger partial charge is 0.384 e. The van der Waals surface area contributed by atoms with Crippen LogP contribution in [0.5, 0.6) is 0 Å². The van der Waals surface area contributed by atoms with E-state index in [1.165, 1.54) is 22.2 Å². The van der Waals surface area contributed by atoms with E-state index in [9.17, 15) is 9.90 Å². The highest BCUT2D eigenvalue weighted by Crippen LogP contribution is 2.23. The van der Waals surface area contributed by atoms with Crippen LogP contribution in [-0.2, 0) is 12.6 Å². The molecule has 110 valence electrons. The van der Waals surface area contributed by atoms with Gasteiger partial charge in [0.1, 0.15) is 11.0 Å². The maximum atomic E-state index is 11.9. The number of thiophene rings is 1. The molecule has 8 heteroatoms. The topological polar surface area (TPSA) is 95.8 Å². The van der Waals surface area contributed by atoms with Crippen LogP contribution in [-0.4, -0.2) is 31.4 Å². The molecule has 3 N–H and O–H groups in total. The molecule has 0 saturated carbocycles. The molecule has 0 aliphatic carbocycles. The molecule has 1 atom stereocenters. The zero-order valence-electron chi connectivity index (χ0n) is 11.6. The summed E-state index contributed by atoms with van der Waals surface area (Å²) < 4.78 is 1.53. The Bertz CT molecular complexity index is 819. The highest BCUT2D eigenvalue weighted by molar-refractivity contribution is 7.08. The van der Waals surface area contributed by atoms with Crippen molar-refractivity contribution < 1.29 is 5.11 Å². The van der Waals surface area contributed by atoms with Gasteiger partial charge in [0.2, 0.25) is 5.95 Å². The molecule has 0 aliphatic rings. The Hall–Kier alpha value is -2.19. The lowest BCUT2D eigenvalue weighted by Crippen LogP contribution is -2.31. The lowest BCUT2D eigenvalue weighted by Gasteiger charge is -2.22. The maximum Gasteiger partial charge on any atom is 0.263 e. The number of hydrogen-bond donors (Lipinski definition) is 3. The van der Waals surface area contributed by atoms with Crippen LogP contribution in [0, 0.1) is 0 Å². The predicted octanol–water partition coefficient (Wildman–Crippen LogP) is 1.04. The van der Waals surface area contributed by atoms with Crippen molar-refractivity contribution in [2.24, 2.45) is 7.05 Å². The van der Waals surface area contributed by atoms with Crippen LogP contribution in [0.2, 0.25) is 0 Å². The van der Waals surface area contributed by atoms with Crippen molar-refractivity contribution >= 4 is 28.3 Å². The van der Waals surface area contributed by atoms with E-state index >= 15 is 0 Å². The Morgan fingerprint density at radius 2 is 2.38 bits per heavy atom. The second-order valence-electron chi connectivity index (χ2n) is 5.06.